The summed E-state index contributed by atoms with van der Waals surface area (Å²) >= 11 is 0. The van der Waals surface area contributed by atoms with E-state index in [0.717, 1.165) is 22.5 Å². The Labute approximate surface area is 157 Å². The van der Waals surface area contributed by atoms with Gasteiger partial charge in [0.2, 0.25) is 0 Å². The van der Waals surface area contributed by atoms with E-state index in [0.29, 0.717) is 5.82 Å². The predicted octanol–water partition coefficient (Wildman–Crippen LogP) is 5.18. The van der Waals surface area contributed by atoms with Crippen LogP contribution in [0.3, 0.4) is 0 Å². The van der Waals surface area contributed by atoms with Crippen LogP contribution in [-0.2, 0) is 0 Å². The molecule has 1 aromatic heterocycles. The van der Waals surface area contributed by atoms with Gasteiger partial charge in [0.1, 0.15) is 5.82 Å². The Kier molecular flexibility index (Phi) is 4.66. The van der Waals surface area contributed by atoms with Gasteiger partial charge in [-0.15, -0.1) is 0 Å². The molecular formula is C22H18N4O. The third-order valence-corrected chi connectivity index (χ3v) is 4.12. The molecule has 2 amide bonds. The molecule has 0 saturated carbocycles. The highest BCUT2D eigenvalue weighted by molar-refractivity contribution is 6.01. The molecule has 0 unspecified atom stereocenters. The number of carbonyl (C=O) groups is 1. The molecule has 0 bridgehead atoms. The van der Waals surface area contributed by atoms with E-state index in [1.807, 2.05) is 91.0 Å². The fourth-order valence-electron chi connectivity index (χ4n) is 2.85. The summed E-state index contributed by atoms with van der Waals surface area (Å²) in [7, 11) is 0. The first-order valence-corrected chi connectivity index (χ1v) is 8.63. The lowest BCUT2D eigenvalue weighted by Crippen LogP contribution is -2.21. The Morgan fingerprint density at radius 2 is 1.33 bits per heavy atom. The van der Waals surface area contributed by atoms with E-state index in [1.54, 1.807) is 10.9 Å². The molecule has 0 saturated heterocycles. The van der Waals surface area contributed by atoms with Crippen molar-refractivity contribution in [3.05, 3.63) is 97.2 Å². The van der Waals surface area contributed by atoms with Crippen molar-refractivity contribution >= 4 is 17.5 Å². The molecule has 4 rings (SSSR count). The highest BCUT2D eigenvalue weighted by Gasteiger charge is 2.16. The number of benzene rings is 3. The Bertz CT molecular complexity index is 971. The molecule has 4 aromatic rings. The van der Waals surface area contributed by atoms with E-state index >= 15 is 0 Å². The third kappa shape index (κ3) is 3.72. The average Bonchev–Trinajstić information content (AvgIpc) is 3.13. The number of hydrogen-bond acceptors (Lipinski definition) is 2. The summed E-state index contributed by atoms with van der Waals surface area (Å²) in [5.41, 5.74) is 3.43. The predicted molar refractivity (Wildman–Crippen MR) is 108 cm³/mol. The highest BCUT2D eigenvalue weighted by atomic mass is 16.2. The third-order valence-electron chi connectivity index (χ3n) is 4.12. The molecule has 0 radical (unpaired) electrons. The number of nitrogens with one attached hydrogen (secondary N) is 2. The maximum Gasteiger partial charge on any atom is 0.324 e. The van der Waals surface area contributed by atoms with E-state index in [2.05, 4.69) is 15.7 Å². The van der Waals surface area contributed by atoms with Gasteiger partial charge in [0, 0.05) is 11.3 Å². The molecule has 3 aromatic carbocycles. The van der Waals surface area contributed by atoms with E-state index < -0.39 is 0 Å². The molecule has 2 N–H and O–H groups in total. The summed E-state index contributed by atoms with van der Waals surface area (Å²) in [5.74, 6) is 0.612. The summed E-state index contributed by atoms with van der Waals surface area (Å²) in [6.45, 7) is 0. The van der Waals surface area contributed by atoms with Crippen molar-refractivity contribution < 1.29 is 4.79 Å². The number of anilines is 2. The van der Waals surface area contributed by atoms with Gasteiger partial charge in [0.15, 0.2) is 0 Å². The van der Waals surface area contributed by atoms with Crippen LogP contribution < -0.4 is 10.6 Å². The van der Waals surface area contributed by atoms with Gasteiger partial charge in [-0.2, -0.15) is 5.10 Å². The van der Waals surface area contributed by atoms with Gasteiger partial charge in [-0.1, -0.05) is 66.7 Å². The quantitative estimate of drug-likeness (QED) is 0.530. The van der Waals surface area contributed by atoms with Crippen LogP contribution in [0.15, 0.2) is 97.2 Å². The first-order chi connectivity index (χ1) is 13.3. The molecule has 5 nitrogen and oxygen atoms in total. The Morgan fingerprint density at radius 3 is 2.00 bits per heavy atom. The van der Waals surface area contributed by atoms with E-state index in [9.17, 15) is 4.79 Å². The largest absolute Gasteiger partial charge is 0.324 e. The standard InChI is InChI=1S/C22H18N4O/c27-22(24-18-12-6-2-7-13-18)25-21-20(17-10-4-1-5-11-17)16-23-26(21)19-14-8-3-9-15-19/h1-16H,(H2,24,25,27). The maximum absolute atomic E-state index is 12.6. The molecule has 0 aliphatic carbocycles. The summed E-state index contributed by atoms with van der Waals surface area (Å²) in [5, 5.41) is 10.3. The van der Waals surface area contributed by atoms with E-state index in [-0.39, 0.29) is 6.03 Å². The number of hydrogen-bond donors (Lipinski definition) is 2. The summed E-state index contributed by atoms with van der Waals surface area (Å²) in [6, 6.07) is 28.6. The van der Waals surface area contributed by atoms with Gasteiger partial charge in [0.25, 0.3) is 0 Å². The van der Waals surface area contributed by atoms with Crippen LogP contribution in [0.4, 0.5) is 16.3 Å². The number of aromatic nitrogens is 2. The second kappa shape index (κ2) is 7.58. The number of urea groups is 1. The zero-order valence-electron chi connectivity index (χ0n) is 14.5. The number of rotatable bonds is 4. The molecule has 0 atom stereocenters. The molecular weight excluding hydrogens is 336 g/mol. The topological polar surface area (TPSA) is 59.0 Å². The van der Waals surface area contributed by atoms with Crippen molar-refractivity contribution in [2.45, 2.75) is 0 Å². The normalized spacial score (nSPS) is 10.4. The van der Waals surface area contributed by atoms with Crippen LogP contribution in [-0.4, -0.2) is 15.8 Å². The molecule has 27 heavy (non-hydrogen) atoms. The van der Waals surface area contributed by atoms with Crippen LogP contribution in [0, 0.1) is 0 Å². The first-order valence-electron chi connectivity index (χ1n) is 8.63. The summed E-state index contributed by atoms with van der Waals surface area (Å²) < 4.78 is 1.73. The Hall–Kier alpha value is -3.86. The minimum absolute atomic E-state index is 0.323. The lowest BCUT2D eigenvalue weighted by atomic mass is 10.1. The smallest absolute Gasteiger partial charge is 0.308 e. The summed E-state index contributed by atoms with van der Waals surface area (Å²) in [6.07, 6.45) is 1.76. The second-order valence-electron chi connectivity index (χ2n) is 5.97. The Morgan fingerprint density at radius 1 is 0.741 bits per heavy atom. The van der Waals surface area contributed by atoms with Gasteiger partial charge < -0.3 is 5.32 Å². The molecule has 1 heterocycles. The fraction of sp³-hybridized carbons (Fsp3) is 0. The van der Waals surface area contributed by atoms with E-state index in [1.165, 1.54) is 0 Å². The van der Waals surface area contributed by atoms with Gasteiger partial charge in [-0.05, 0) is 29.8 Å². The SMILES string of the molecule is O=C(Nc1ccccc1)Nc1c(-c2ccccc2)cnn1-c1ccccc1. The van der Waals surface area contributed by atoms with Crippen LogP contribution in [0.25, 0.3) is 16.8 Å². The maximum atomic E-state index is 12.6. The van der Waals surface area contributed by atoms with Crippen molar-refractivity contribution in [3.8, 4) is 16.8 Å². The van der Waals surface area contributed by atoms with Crippen LogP contribution >= 0.6 is 0 Å². The van der Waals surface area contributed by atoms with Crippen molar-refractivity contribution in [2.75, 3.05) is 10.6 Å². The van der Waals surface area contributed by atoms with Gasteiger partial charge in [0.05, 0.1) is 11.9 Å². The number of nitrogens with zero attached hydrogens (tertiary/aromatic N) is 2. The van der Waals surface area contributed by atoms with Crippen LogP contribution in [0.2, 0.25) is 0 Å². The zero-order chi connectivity index (χ0) is 18.5. The van der Waals surface area contributed by atoms with Gasteiger partial charge in [-0.25, -0.2) is 9.48 Å². The zero-order valence-corrected chi connectivity index (χ0v) is 14.5. The van der Waals surface area contributed by atoms with Crippen molar-refractivity contribution in [2.24, 2.45) is 0 Å². The molecule has 0 aliphatic rings. The highest BCUT2D eigenvalue weighted by Crippen LogP contribution is 2.30. The lowest BCUT2D eigenvalue weighted by molar-refractivity contribution is 0.262. The second-order valence-corrected chi connectivity index (χ2v) is 5.97. The monoisotopic (exact) mass is 354 g/mol. The number of para-hydroxylation sites is 2. The van der Waals surface area contributed by atoms with Crippen molar-refractivity contribution in [1.82, 2.24) is 9.78 Å². The molecule has 0 fully saturated rings. The van der Waals surface area contributed by atoms with Crippen LogP contribution in [0.1, 0.15) is 0 Å². The molecule has 132 valence electrons. The van der Waals surface area contributed by atoms with Gasteiger partial charge >= 0.3 is 6.03 Å². The molecule has 0 spiro atoms. The first kappa shape index (κ1) is 16.6. The molecule has 0 aliphatic heterocycles. The number of amides is 2. The van der Waals surface area contributed by atoms with Crippen molar-refractivity contribution in [3.63, 3.8) is 0 Å². The average molecular weight is 354 g/mol. The fourth-order valence-corrected chi connectivity index (χ4v) is 2.85. The van der Waals surface area contributed by atoms with E-state index in [4.69, 9.17) is 0 Å². The number of carbonyl (C=O) groups excluding carboxylic acids is 1. The van der Waals surface area contributed by atoms with Crippen LogP contribution in [0.5, 0.6) is 0 Å². The minimum atomic E-state index is -0.323. The lowest BCUT2D eigenvalue weighted by Gasteiger charge is -2.12. The minimum Gasteiger partial charge on any atom is -0.308 e. The molecule has 5 heteroatoms. The van der Waals surface area contributed by atoms with Gasteiger partial charge in [-0.3, -0.25) is 5.32 Å². The summed E-state index contributed by atoms with van der Waals surface area (Å²) in [4.78, 5) is 12.6. The van der Waals surface area contributed by atoms with Crippen molar-refractivity contribution in [1.29, 1.82) is 0 Å². The Balaban J connectivity index is 1.70.